The summed E-state index contributed by atoms with van der Waals surface area (Å²) in [6, 6.07) is 24.1. The van der Waals surface area contributed by atoms with Crippen LogP contribution < -0.4 is 4.90 Å². The molecule has 0 radical (unpaired) electrons. The molecule has 0 saturated carbocycles. The van der Waals surface area contributed by atoms with E-state index in [1.807, 2.05) is 72.8 Å². The second-order valence-electron chi connectivity index (χ2n) is 11.7. The minimum atomic E-state index is -0.724. The SMILES string of the molecule is [2H]c1c([2H])c([2H])c(-c2c([2H])c([2H])c(N(c3ccc(-c4ccccc4)cc3)c3cccc(-c4cccc5ccccc45)c3-c3c([2H])c([2H])c4c([2H])c([2H])c([2H])c([2H])c4c3[2H])c([2H])c2[2H])c([2H])c1[2H]. The van der Waals surface area contributed by atoms with Gasteiger partial charge in [0.15, 0.2) is 0 Å². The lowest BCUT2D eigenvalue weighted by molar-refractivity contribution is 1.28. The highest BCUT2D eigenvalue weighted by atomic mass is 15.1. The molecule has 9 aromatic rings. The van der Waals surface area contributed by atoms with Crippen molar-refractivity contribution in [3.8, 4) is 44.5 Å². The number of hydrogen-bond acceptors (Lipinski definition) is 1. The average molecular weight is 666 g/mol. The van der Waals surface area contributed by atoms with E-state index >= 15 is 0 Å². The summed E-state index contributed by atoms with van der Waals surface area (Å²) in [5.41, 5.74) is 1.52. The summed E-state index contributed by atoms with van der Waals surface area (Å²) >= 11 is 0. The van der Waals surface area contributed by atoms with Crippen molar-refractivity contribution in [2.75, 3.05) is 4.90 Å². The normalized spacial score (nSPS) is 15.5. The Morgan fingerprint density at radius 2 is 0.980 bits per heavy atom. The Kier molecular flexibility index (Phi) is 4.65. The Morgan fingerprint density at radius 3 is 1.80 bits per heavy atom. The van der Waals surface area contributed by atoms with Gasteiger partial charge in [0.05, 0.1) is 27.6 Å². The van der Waals surface area contributed by atoms with Crippen LogP contribution in [0.5, 0.6) is 0 Å². The van der Waals surface area contributed by atoms with Gasteiger partial charge in [-0.05, 0) is 96.8 Å². The van der Waals surface area contributed by atoms with Crippen molar-refractivity contribution in [2.24, 2.45) is 0 Å². The van der Waals surface area contributed by atoms with Gasteiger partial charge in [-0.15, -0.1) is 0 Å². The summed E-state index contributed by atoms with van der Waals surface area (Å²) in [7, 11) is 0. The highest BCUT2D eigenvalue weighted by Gasteiger charge is 2.22. The molecule has 0 bridgehead atoms. The summed E-state index contributed by atoms with van der Waals surface area (Å²) in [4.78, 5) is 1.43. The van der Waals surface area contributed by atoms with Gasteiger partial charge in [-0.25, -0.2) is 0 Å². The predicted octanol–water partition coefficient (Wildman–Crippen LogP) is 14.1. The van der Waals surface area contributed by atoms with Crippen molar-refractivity contribution in [1.29, 1.82) is 0 Å². The van der Waals surface area contributed by atoms with Crippen LogP contribution in [-0.2, 0) is 0 Å². The van der Waals surface area contributed by atoms with Crippen LogP contribution in [0.2, 0.25) is 0 Å². The van der Waals surface area contributed by atoms with Gasteiger partial charge in [0, 0.05) is 16.9 Å². The Bertz CT molecular complexity index is 3480. The van der Waals surface area contributed by atoms with Crippen LogP contribution in [0.4, 0.5) is 17.1 Å². The van der Waals surface area contributed by atoms with Crippen LogP contribution in [0.25, 0.3) is 66.1 Å². The molecule has 0 aliphatic rings. The molecular formula is C50H35N. The lowest BCUT2D eigenvalue weighted by Gasteiger charge is -2.30. The number of benzene rings is 9. The zero-order valence-electron chi connectivity index (χ0n) is 42.9. The number of hydrogen-bond donors (Lipinski definition) is 0. The van der Waals surface area contributed by atoms with Crippen LogP contribution in [-0.4, -0.2) is 0 Å². The minimum Gasteiger partial charge on any atom is -0.310 e. The molecule has 0 unspecified atom stereocenters. The summed E-state index contributed by atoms with van der Waals surface area (Å²) in [5, 5.41) is 0.969. The second kappa shape index (κ2) is 13.3. The third kappa shape index (κ3) is 5.86. The van der Waals surface area contributed by atoms with Crippen LogP contribution in [0.1, 0.15) is 21.9 Å². The molecule has 9 rings (SSSR count). The van der Waals surface area contributed by atoms with Crippen molar-refractivity contribution in [3.63, 3.8) is 0 Å². The molecule has 1 heteroatoms. The lowest BCUT2D eigenvalue weighted by atomic mass is 9.88. The van der Waals surface area contributed by atoms with E-state index in [0.29, 0.717) is 11.1 Å². The quantitative estimate of drug-likeness (QED) is 0.164. The van der Waals surface area contributed by atoms with E-state index in [9.17, 15) is 9.60 Å². The summed E-state index contributed by atoms with van der Waals surface area (Å²) in [5.74, 6) is 0. The molecule has 0 N–H and O–H groups in total. The monoisotopic (exact) mass is 665 g/mol. The molecule has 0 heterocycles. The molecule has 0 atom stereocenters. The first kappa shape index (κ1) is 17.8. The first-order valence-corrected chi connectivity index (χ1v) is 16.2. The molecule has 1 nitrogen and oxygen atoms in total. The van der Waals surface area contributed by atoms with E-state index in [1.165, 1.54) is 4.90 Å². The van der Waals surface area contributed by atoms with E-state index in [4.69, 9.17) is 12.3 Å². The van der Waals surface area contributed by atoms with Gasteiger partial charge in [0.2, 0.25) is 0 Å². The largest absolute Gasteiger partial charge is 0.310 e. The number of anilines is 3. The maximum Gasteiger partial charge on any atom is 0.0645 e. The van der Waals surface area contributed by atoms with Crippen molar-refractivity contribution < 1.29 is 21.9 Å². The van der Waals surface area contributed by atoms with Crippen molar-refractivity contribution in [1.82, 2.24) is 0 Å². The Hall–Kier alpha value is -6.70. The topological polar surface area (TPSA) is 3.24 Å². The minimum absolute atomic E-state index is 0.0929. The van der Waals surface area contributed by atoms with Crippen LogP contribution in [0, 0.1) is 0 Å². The van der Waals surface area contributed by atoms with Gasteiger partial charge in [0.25, 0.3) is 0 Å². The molecule has 0 aliphatic heterocycles. The molecule has 9 aromatic carbocycles. The Labute approximate surface area is 321 Å². The van der Waals surface area contributed by atoms with Crippen LogP contribution in [0.15, 0.2) is 212 Å². The smallest absolute Gasteiger partial charge is 0.0645 e. The highest BCUT2D eigenvalue weighted by Crippen LogP contribution is 2.47. The van der Waals surface area contributed by atoms with Gasteiger partial charge >= 0.3 is 0 Å². The fourth-order valence-electron chi connectivity index (χ4n) is 6.32. The molecule has 0 aromatic heterocycles. The van der Waals surface area contributed by atoms with E-state index < -0.39 is 108 Å². The number of rotatable bonds is 7. The summed E-state index contributed by atoms with van der Waals surface area (Å²) < 4.78 is 144. The number of nitrogens with zero attached hydrogens (tertiary/aromatic N) is 1. The Morgan fingerprint density at radius 1 is 0.353 bits per heavy atom. The predicted molar refractivity (Wildman–Crippen MR) is 218 cm³/mol. The summed E-state index contributed by atoms with van der Waals surface area (Å²) in [6.45, 7) is 0. The zero-order chi connectivity index (χ0) is 47.9. The standard InChI is InChI=1S/C50H35N/c1-3-13-36(14-4-1)39-27-31-44(32-28-39)51(45-33-29-40(30-34-45)37-15-5-2-6-16-37)49-24-12-23-48(47-22-11-20-41-18-9-10-21-46(41)47)50(49)43-26-25-38-17-7-8-19-42(38)35-43/h1-35H/i1D,3D,4D,7D,8D,13D,14D,17D,19D,25D,26D,27D,28D,31D,32D,35D. The van der Waals surface area contributed by atoms with Gasteiger partial charge in [-0.2, -0.15) is 0 Å². The fraction of sp³-hybridized carbons (Fsp3) is 0. The van der Waals surface area contributed by atoms with Gasteiger partial charge in [-0.3, -0.25) is 0 Å². The summed E-state index contributed by atoms with van der Waals surface area (Å²) in [6.07, 6.45) is 0. The number of fused-ring (bicyclic) bond motifs is 2. The second-order valence-corrected chi connectivity index (χ2v) is 11.7. The molecule has 0 aliphatic carbocycles. The fourth-order valence-corrected chi connectivity index (χ4v) is 6.32. The molecule has 0 fully saturated rings. The third-order valence-corrected chi connectivity index (χ3v) is 8.68. The van der Waals surface area contributed by atoms with E-state index in [2.05, 4.69) is 0 Å². The van der Waals surface area contributed by atoms with Crippen molar-refractivity contribution in [2.45, 2.75) is 0 Å². The maximum absolute atomic E-state index is 9.79. The molecule has 51 heavy (non-hydrogen) atoms. The van der Waals surface area contributed by atoms with Crippen LogP contribution in [0.3, 0.4) is 0 Å². The Balaban J connectivity index is 1.45. The third-order valence-electron chi connectivity index (χ3n) is 8.68. The zero-order valence-corrected chi connectivity index (χ0v) is 26.9. The lowest BCUT2D eigenvalue weighted by Crippen LogP contribution is -2.12. The van der Waals surface area contributed by atoms with E-state index in [0.717, 1.165) is 21.9 Å². The van der Waals surface area contributed by atoms with Gasteiger partial charge in [0.1, 0.15) is 0 Å². The maximum atomic E-state index is 9.79. The average Bonchev–Trinajstić information content (AvgIpc) is 3.34. The van der Waals surface area contributed by atoms with Gasteiger partial charge < -0.3 is 4.90 Å². The molecule has 0 saturated heterocycles. The molecule has 0 spiro atoms. The highest BCUT2D eigenvalue weighted by molar-refractivity contribution is 6.05. The van der Waals surface area contributed by atoms with Crippen LogP contribution >= 0.6 is 0 Å². The van der Waals surface area contributed by atoms with Gasteiger partial charge in [-0.1, -0.05) is 176 Å². The molecular weight excluding hydrogens is 615 g/mol. The van der Waals surface area contributed by atoms with Crippen molar-refractivity contribution in [3.05, 3.63) is 212 Å². The van der Waals surface area contributed by atoms with E-state index in [1.54, 1.807) is 42.5 Å². The molecule has 240 valence electrons. The first-order valence-electron chi connectivity index (χ1n) is 24.2. The van der Waals surface area contributed by atoms with E-state index in [-0.39, 0.29) is 39.0 Å². The molecule has 0 amide bonds. The first-order chi connectivity index (χ1) is 32.0. The van der Waals surface area contributed by atoms with Crippen molar-refractivity contribution >= 4 is 38.6 Å².